The molecule has 19 heavy (non-hydrogen) atoms. The molecule has 1 heterocycles. The van der Waals surface area contributed by atoms with Crippen LogP contribution >= 0.6 is 22.9 Å². The SMILES string of the molecule is Cc1nc(CN(C)C(=O)c2cccc(N)c2Cl)cs1. The van der Waals surface area contributed by atoms with Gasteiger partial charge in [0.2, 0.25) is 0 Å². The predicted octanol–water partition coefficient (Wildman–Crippen LogP) is 2.96. The molecule has 0 bridgehead atoms. The van der Waals surface area contributed by atoms with E-state index in [1.165, 1.54) is 0 Å². The molecule has 2 N–H and O–H groups in total. The van der Waals surface area contributed by atoms with E-state index in [-0.39, 0.29) is 5.91 Å². The lowest BCUT2D eigenvalue weighted by molar-refractivity contribution is 0.0784. The number of hydrogen-bond acceptors (Lipinski definition) is 4. The van der Waals surface area contributed by atoms with Crippen molar-refractivity contribution >= 4 is 34.5 Å². The first kappa shape index (κ1) is 13.8. The summed E-state index contributed by atoms with van der Waals surface area (Å²) in [7, 11) is 1.72. The molecule has 0 aliphatic rings. The summed E-state index contributed by atoms with van der Waals surface area (Å²) in [5.74, 6) is -0.164. The standard InChI is InChI=1S/C13H14ClN3OS/c1-8-16-9(7-19-8)6-17(2)13(18)10-4-3-5-11(15)12(10)14/h3-5,7H,6,15H2,1-2H3. The van der Waals surface area contributed by atoms with Gasteiger partial charge in [0, 0.05) is 12.4 Å². The van der Waals surface area contributed by atoms with E-state index >= 15 is 0 Å². The molecule has 0 atom stereocenters. The van der Waals surface area contributed by atoms with Gasteiger partial charge in [-0.1, -0.05) is 17.7 Å². The molecule has 1 aromatic heterocycles. The lowest BCUT2D eigenvalue weighted by Crippen LogP contribution is -2.26. The lowest BCUT2D eigenvalue weighted by atomic mass is 10.1. The number of benzene rings is 1. The number of hydrogen-bond donors (Lipinski definition) is 1. The zero-order valence-corrected chi connectivity index (χ0v) is 12.3. The van der Waals surface area contributed by atoms with Crippen molar-refractivity contribution in [2.45, 2.75) is 13.5 Å². The molecule has 0 spiro atoms. The summed E-state index contributed by atoms with van der Waals surface area (Å²) in [5.41, 5.74) is 7.40. The molecule has 2 rings (SSSR count). The van der Waals surface area contributed by atoms with Crippen LogP contribution in [0.3, 0.4) is 0 Å². The summed E-state index contributed by atoms with van der Waals surface area (Å²) in [4.78, 5) is 18.2. The van der Waals surface area contributed by atoms with Crippen molar-refractivity contribution in [1.82, 2.24) is 9.88 Å². The Labute approximate surface area is 120 Å². The van der Waals surface area contributed by atoms with Gasteiger partial charge in [-0.25, -0.2) is 4.98 Å². The summed E-state index contributed by atoms with van der Waals surface area (Å²) in [5, 5.41) is 3.23. The minimum absolute atomic E-state index is 0.164. The number of aryl methyl sites for hydroxylation is 1. The molecule has 0 aliphatic heterocycles. The van der Waals surface area contributed by atoms with Crippen molar-refractivity contribution in [2.24, 2.45) is 0 Å². The number of anilines is 1. The number of nitrogens with two attached hydrogens (primary N) is 1. The summed E-state index contributed by atoms with van der Waals surface area (Å²) in [6.45, 7) is 2.39. The van der Waals surface area contributed by atoms with E-state index in [9.17, 15) is 4.79 Å². The van der Waals surface area contributed by atoms with Crippen LogP contribution in [0, 0.1) is 6.92 Å². The highest BCUT2D eigenvalue weighted by atomic mass is 35.5. The van der Waals surface area contributed by atoms with E-state index in [4.69, 9.17) is 17.3 Å². The third-order valence-corrected chi connectivity index (χ3v) is 3.92. The molecule has 2 aromatic rings. The highest BCUT2D eigenvalue weighted by Gasteiger charge is 2.17. The van der Waals surface area contributed by atoms with Gasteiger partial charge in [-0.05, 0) is 19.1 Å². The topological polar surface area (TPSA) is 59.2 Å². The van der Waals surface area contributed by atoms with E-state index in [0.29, 0.717) is 22.8 Å². The molecule has 6 heteroatoms. The summed E-state index contributed by atoms with van der Waals surface area (Å²) in [6, 6.07) is 5.06. The third-order valence-electron chi connectivity index (χ3n) is 2.67. The van der Waals surface area contributed by atoms with Crippen molar-refractivity contribution in [1.29, 1.82) is 0 Å². The fraction of sp³-hybridized carbons (Fsp3) is 0.231. The zero-order valence-electron chi connectivity index (χ0n) is 10.7. The van der Waals surface area contributed by atoms with E-state index in [1.54, 1.807) is 41.5 Å². The zero-order chi connectivity index (χ0) is 14.0. The van der Waals surface area contributed by atoms with Gasteiger partial charge < -0.3 is 10.6 Å². The average molecular weight is 296 g/mol. The van der Waals surface area contributed by atoms with Crippen LogP contribution in [0.1, 0.15) is 21.1 Å². The number of aromatic nitrogens is 1. The van der Waals surface area contributed by atoms with Crippen molar-refractivity contribution < 1.29 is 4.79 Å². The Bertz CT molecular complexity index is 612. The largest absolute Gasteiger partial charge is 0.398 e. The second-order valence-corrected chi connectivity index (χ2v) is 5.67. The molecule has 100 valence electrons. The first-order valence-corrected chi connectivity index (χ1v) is 6.95. The maximum absolute atomic E-state index is 12.3. The Morgan fingerprint density at radius 1 is 1.53 bits per heavy atom. The molecule has 1 amide bonds. The number of nitrogen functional groups attached to an aromatic ring is 1. The van der Waals surface area contributed by atoms with Gasteiger partial charge in [-0.2, -0.15) is 0 Å². The van der Waals surface area contributed by atoms with Gasteiger partial charge in [0.15, 0.2) is 0 Å². The Balaban J connectivity index is 2.17. The third kappa shape index (κ3) is 3.05. The maximum Gasteiger partial charge on any atom is 0.255 e. The Hall–Kier alpha value is -1.59. The molecule has 0 saturated heterocycles. The molecule has 0 radical (unpaired) electrons. The van der Waals surface area contributed by atoms with Crippen molar-refractivity contribution in [3.63, 3.8) is 0 Å². The van der Waals surface area contributed by atoms with E-state index in [1.807, 2.05) is 12.3 Å². The monoisotopic (exact) mass is 295 g/mol. The van der Waals surface area contributed by atoms with Gasteiger partial charge in [0.25, 0.3) is 5.91 Å². The Kier molecular flexibility index (Phi) is 4.07. The molecule has 0 aliphatic carbocycles. The van der Waals surface area contributed by atoms with Gasteiger partial charge in [-0.15, -0.1) is 11.3 Å². The smallest absolute Gasteiger partial charge is 0.255 e. The Morgan fingerprint density at radius 2 is 2.26 bits per heavy atom. The molecule has 0 fully saturated rings. The molecular formula is C13H14ClN3OS. The van der Waals surface area contributed by atoms with Crippen LogP contribution < -0.4 is 5.73 Å². The minimum Gasteiger partial charge on any atom is -0.398 e. The van der Waals surface area contributed by atoms with Crippen molar-refractivity contribution in [3.8, 4) is 0 Å². The molecular weight excluding hydrogens is 282 g/mol. The number of carbonyl (C=O) groups excluding carboxylic acids is 1. The van der Waals surface area contributed by atoms with E-state index in [0.717, 1.165) is 10.7 Å². The summed E-state index contributed by atoms with van der Waals surface area (Å²) in [6.07, 6.45) is 0. The first-order valence-electron chi connectivity index (χ1n) is 5.69. The van der Waals surface area contributed by atoms with Crippen LogP contribution in [0.4, 0.5) is 5.69 Å². The van der Waals surface area contributed by atoms with Crippen molar-refractivity contribution in [3.05, 3.63) is 44.9 Å². The number of amides is 1. The van der Waals surface area contributed by atoms with Crippen molar-refractivity contribution in [2.75, 3.05) is 12.8 Å². The number of rotatable bonds is 3. The van der Waals surface area contributed by atoms with Gasteiger partial charge in [0.1, 0.15) is 0 Å². The highest BCUT2D eigenvalue weighted by Crippen LogP contribution is 2.24. The average Bonchev–Trinajstić information content (AvgIpc) is 2.77. The van der Waals surface area contributed by atoms with Crippen LogP contribution in [-0.2, 0) is 6.54 Å². The molecule has 0 unspecified atom stereocenters. The second kappa shape index (κ2) is 5.59. The van der Waals surface area contributed by atoms with Gasteiger partial charge >= 0.3 is 0 Å². The van der Waals surface area contributed by atoms with Gasteiger partial charge in [0.05, 0.1) is 33.5 Å². The summed E-state index contributed by atoms with van der Waals surface area (Å²) >= 11 is 7.62. The van der Waals surface area contributed by atoms with E-state index in [2.05, 4.69) is 4.98 Å². The summed E-state index contributed by atoms with van der Waals surface area (Å²) < 4.78 is 0. The van der Waals surface area contributed by atoms with Crippen LogP contribution in [0.5, 0.6) is 0 Å². The molecule has 0 saturated carbocycles. The fourth-order valence-electron chi connectivity index (χ4n) is 1.72. The normalized spacial score (nSPS) is 10.5. The van der Waals surface area contributed by atoms with Crippen LogP contribution in [0.15, 0.2) is 23.6 Å². The fourth-order valence-corrected chi connectivity index (χ4v) is 2.53. The first-order chi connectivity index (χ1) is 8.99. The second-order valence-electron chi connectivity index (χ2n) is 4.23. The maximum atomic E-state index is 12.3. The quantitative estimate of drug-likeness (QED) is 0.886. The van der Waals surface area contributed by atoms with E-state index < -0.39 is 0 Å². The van der Waals surface area contributed by atoms with Crippen LogP contribution in [-0.4, -0.2) is 22.8 Å². The Morgan fingerprint density at radius 3 is 2.89 bits per heavy atom. The lowest BCUT2D eigenvalue weighted by Gasteiger charge is -2.17. The number of carbonyl (C=O) groups is 1. The number of halogens is 1. The predicted molar refractivity (Wildman–Crippen MR) is 78.5 cm³/mol. The van der Waals surface area contributed by atoms with Crippen LogP contribution in [0.2, 0.25) is 5.02 Å². The molecule has 4 nitrogen and oxygen atoms in total. The molecule has 1 aromatic carbocycles. The van der Waals surface area contributed by atoms with Crippen LogP contribution in [0.25, 0.3) is 0 Å². The highest BCUT2D eigenvalue weighted by molar-refractivity contribution is 7.09. The van der Waals surface area contributed by atoms with Gasteiger partial charge in [-0.3, -0.25) is 4.79 Å². The minimum atomic E-state index is -0.164. The number of thiazole rings is 1. The number of nitrogens with zero attached hydrogens (tertiary/aromatic N) is 2.